The summed E-state index contributed by atoms with van der Waals surface area (Å²) >= 11 is 0. The van der Waals surface area contributed by atoms with Crippen molar-refractivity contribution in [2.45, 2.75) is 20.3 Å². The molecular weight excluding hydrogens is 160 g/mol. The van der Waals surface area contributed by atoms with E-state index in [1.165, 1.54) is 0 Å². The number of fused-ring (bicyclic) bond motifs is 1. The predicted molar refractivity (Wildman–Crippen MR) is 55.8 cm³/mol. The number of hydrogen-bond donors (Lipinski definition) is 0. The van der Waals surface area contributed by atoms with Crippen molar-refractivity contribution in [2.24, 2.45) is 0 Å². The van der Waals surface area contributed by atoms with Gasteiger partial charge in [-0.05, 0) is 5.56 Å². The lowest BCUT2D eigenvalue weighted by molar-refractivity contribution is 0.0994. The number of Topliss-reactive ketones (excluding diaryl/α,β-unsaturated/α-hetero) is 1. The smallest absolute Gasteiger partial charge is 0.167 e. The molecule has 0 aromatic heterocycles. The van der Waals surface area contributed by atoms with Crippen molar-refractivity contribution in [3.05, 3.63) is 41.5 Å². The SMILES string of the molecule is CC.O=C1CC=Cc2ccccc21. The minimum Gasteiger partial charge on any atom is -0.294 e. The number of ketones is 1. The molecule has 1 aliphatic rings. The molecule has 2 rings (SSSR count). The monoisotopic (exact) mass is 174 g/mol. The average Bonchev–Trinajstić information content (AvgIpc) is 2.22. The van der Waals surface area contributed by atoms with E-state index in [1.807, 2.05) is 50.3 Å². The van der Waals surface area contributed by atoms with Crippen molar-refractivity contribution in [3.8, 4) is 0 Å². The molecule has 1 aromatic carbocycles. The predicted octanol–water partition coefficient (Wildman–Crippen LogP) is 3.31. The summed E-state index contributed by atoms with van der Waals surface area (Å²) in [5.74, 6) is 0.225. The molecule has 0 bridgehead atoms. The van der Waals surface area contributed by atoms with Gasteiger partial charge in [-0.2, -0.15) is 0 Å². The van der Waals surface area contributed by atoms with Gasteiger partial charge in [-0.3, -0.25) is 4.79 Å². The average molecular weight is 174 g/mol. The van der Waals surface area contributed by atoms with Crippen LogP contribution in [-0.4, -0.2) is 5.78 Å². The first-order valence-electron chi connectivity index (χ1n) is 4.67. The normalized spacial score (nSPS) is 12.9. The Bertz CT molecular complexity index is 324. The summed E-state index contributed by atoms with van der Waals surface area (Å²) in [4.78, 5) is 11.2. The Morgan fingerprint density at radius 1 is 1.15 bits per heavy atom. The highest BCUT2D eigenvalue weighted by Crippen LogP contribution is 2.17. The highest BCUT2D eigenvalue weighted by atomic mass is 16.1. The molecule has 0 heterocycles. The van der Waals surface area contributed by atoms with Crippen LogP contribution in [0.5, 0.6) is 0 Å². The second-order valence-corrected chi connectivity index (χ2v) is 2.62. The third kappa shape index (κ3) is 2.05. The van der Waals surface area contributed by atoms with Crippen LogP contribution >= 0.6 is 0 Å². The number of carbonyl (C=O) groups excluding carboxylic acids is 1. The topological polar surface area (TPSA) is 17.1 Å². The van der Waals surface area contributed by atoms with E-state index >= 15 is 0 Å². The Balaban J connectivity index is 0.000000396. The van der Waals surface area contributed by atoms with Crippen molar-refractivity contribution in [1.29, 1.82) is 0 Å². The van der Waals surface area contributed by atoms with Crippen LogP contribution < -0.4 is 0 Å². The molecular formula is C12H14O. The summed E-state index contributed by atoms with van der Waals surface area (Å²) in [6.07, 6.45) is 4.46. The van der Waals surface area contributed by atoms with Gasteiger partial charge in [-0.1, -0.05) is 50.3 Å². The molecule has 0 radical (unpaired) electrons. The van der Waals surface area contributed by atoms with Gasteiger partial charge in [0.2, 0.25) is 0 Å². The molecule has 1 nitrogen and oxygen atoms in total. The highest BCUT2D eigenvalue weighted by Gasteiger charge is 2.10. The first-order valence-corrected chi connectivity index (χ1v) is 4.67. The molecule has 0 atom stereocenters. The quantitative estimate of drug-likeness (QED) is 0.589. The van der Waals surface area contributed by atoms with E-state index in [-0.39, 0.29) is 5.78 Å². The van der Waals surface area contributed by atoms with Crippen LogP contribution in [-0.2, 0) is 0 Å². The van der Waals surface area contributed by atoms with E-state index in [0.717, 1.165) is 11.1 Å². The summed E-state index contributed by atoms with van der Waals surface area (Å²) in [7, 11) is 0. The molecule has 0 saturated carbocycles. The van der Waals surface area contributed by atoms with Gasteiger partial charge in [-0.15, -0.1) is 0 Å². The van der Waals surface area contributed by atoms with E-state index in [9.17, 15) is 4.79 Å². The van der Waals surface area contributed by atoms with Crippen LogP contribution in [0.15, 0.2) is 30.3 Å². The van der Waals surface area contributed by atoms with Gasteiger partial charge in [0.05, 0.1) is 0 Å². The molecule has 0 saturated heterocycles. The molecule has 0 amide bonds. The van der Waals surface area contributed by atoms with Crippen LogP contribution in [0, 0.1) is 0 Å². The molecule has 1 heteroatoms. The van der Waals surface area contributed by atoms with Gasteiger partial charge >= 0.3 is 0 Å². The van der Waals surface area contributed by atoms with Gasteiger partial charge in [0.15, 0.2) is 5.78 Å². The highest BCUT2D eigenvalue weighted by molar-refractivity contribution is 6.02. The summed E-state index contributed by atoms with van der Waals surface area (Å²) in [6, 6.07) is 7.68. The van der Waals surface area contributed by atoms with E-state index in [4.69, 9.17) is 0 Å². The van der Waals surface area contributed by atoms with Crippen LogP contribution in [0.4, 0.5) is 0 Å². The molecule has 68 valence electrons. The van der Waals surface area contributed by atoms with Crippen molar-refractivity contribution in [2.75, 3.05) is 0 Å². The summed E-state index contributed by atoms with van der Waals surface area (Å²) in [6.45, 7) is 4.00. The summed E-state index contributed by atoms with van der Waals surface area (Å²) in [5, 5.41) is 0. The van der Waals surface area contributed by atoms with E-state index in [0.29, 0.717) is 6.42 Å². The number of benzene rings is 1. The number of hydrogen-bond acceptors (Lipinski definition) is 1. The minimum absolute atomic E-state index is 0.225. The van der Waals surface area contributed by atoms with Crippen LogP contribution in [0.1, 0.15) is 36.2 Å². The third-order valence-corrected chi connectivity index (χ3v) is 1.86. The van der Waals surface area contributed by atoms with Crippen LogP contribution in [0.25, 0.3) is 6.08 Å². The molecule has 0 N–H and O–H groups in total. The molecule has 1 aromatic rings. The fourth-order valence-corrected chi connectivity index (χ4v) is 1.30. The zero-order chi connectivity index (χ0) is 9.68. The number of rotatable bonds is 0. The number of allylic oxidation sites excluding steroid dienone is 1. The Morgan fingerprint density at radius 3 is 2.54 bits per heavy atom. The second-order valence-electron chi connectivity index (χ2n) is 2.62. The summed E-state index contributed by atoms with van der Waals surface area (Å²) < 4.78 is 0. The van der Waals surface area contributed by atoms with E-state index < -0.39 is 0 Å². The fourth-order valence-electron chi connectivity index (χ4n) is 1.30. The minimum atomic E-state index is 0.225. The zero-order valence-corrected chi connectivity index (χ0v) is 8.08. The maximum absolute atomic E-state index is 11.2. The van der Waals surface area contributed by atoms with Crippen molar-refractivity contribution in [1.82, 2.24) is 0 Å². The molecule has 13 heavy (non-hydrogen) atoms. The zero-order valence-electron chi connectivity index (χ0n) is 8.08. The second kappa shape index (κ2) is 4.61. The van der Waals surface area contributed by atoms with Crippen molar-refractivity contribution < 1.29 is 4.79 Å². The maximum atomic E-state index is 11.2. The lowest BCUT2D eigenvalue weighted by atomic mass is 9.97. The first-order chi connectivity index (χ1) is 6.38. The summed E-state index contributed by atoms with van der Waals surface area (Å²) in [5.41, 5.74) is 1.90. The molecule has 0 unspecified atom stereocenters. The van der Waals surface area contributed by atoms with E-state index in [1.54, 1.807) is 0 Å². The van der Waals surface area contributed by atoms with Gasteiger partial charge < -0.3 is 0 Å². The van der Waals surface area contributed by atoms with Crippen LogP contribution in [0.2, 0.25) is 0 Å². The van der Waals surface area contributed by atoms with Crippen LogP contribution in [0.3, 0.4) is 0 Å². The lowest BCUT2D eigenvalue weighted by Crippen LogP contribution is -2.02. The third-order valence-electron chi connectivity index (χ3n) is 1.86. The van der Waals surface area contributed by atoms with Gasteiger partial charge in [0.25, 0.3) is 0 Å². The van der Waals surface area contributed by atoms with Gasteiger partial charge in [-0.25, -0.2) is 0 Å². The first kappa shape index (κ1) is 9.72. The Kier molecular flexibility index (Phi) is 3.44. The molecule has 1 aliphatic carbocycles. The molecule has 0 fully saturated rings. The Morgan fingerprint density at radius 2 is 1.85 bits per heavy atom. The van der Waals surface area contributed by atoms with Crippen molar-refractivity contribution >= 4 is 11.9 Å². The molecule has 0 aliphatic heterocycles. The van der Waals surface area contributed by atoms with Gasteiger partial charge in [0.1, 0.15) is 0 Å². The Labute approximate surface area is 79.1 Å². The fraction of sp³-hybridized carbons (Fsp3) is 0.250. The standard InChI is InChI=1S/C10H8O.C2H6/c11-10-7-3-5-8-4-1-2-6-9(8)10;1-2/h1-6H,7H2;1-2H3. The Hall–Kier alpha value is -1.37. The van der Waals surface area contributed by atoms with Crippen molar-refractivity contribution in [3.63, 3.8) is 0 Å². The molecule has 0 spiro atoms. The number of carbonyl (C=O) groups is 1. The van der Waals surface area contributed by atoms with Gasteiger partial charge in [0, 0.05) is 12.0 Å². The lowest BCUT2D eigenvalue weighted by Gasteiger charge is -2.07. The largest absolute Gasteiger partial charge is 0.294 e. The van der Waals surface area contributed by atoms with E-state index in [2.05, 4.69) is 0 Å². The maximum Gasteiger partial charge on any atom is 0.167 e.